The second-order valence-corrected chi connectivity index (χ2v) is 14.2. The lowest BCUT2D eigenvalue weighted by atomic mass is 9.92. The van der Waals surface area contributed by atoms with Gasteiger partial charge in [-0.05, 0) is 95.8 Å². The fraction of sp³-hybridized carbons (Fsp3) is 0.136. The highest BCUT2D eigenvalue weighted by atomic mass is 15.1. The van der Waals surface area contributed by atoms with E-state index in [-0.39, 0.29) is 0 Å². The van der Waals surface area contributed by atoms with Crippen LogP contribution < -0.4 is 5.32 Å². The molecule has 6 heterocycles. The molecule has 54 heavy (non-hydrogen) atoms. The van der Waals surface area contributed by atoms with Crippen molar-refractivity contribution in [2.24, 2.45) is 4.99 Å². The molecular weight excluding hydrogens is 669 g/mol. The smallest absolute Gasteiger partial charge is 0.157 e. The van der Waals surface area contributed by atoms with Gasteiger partial charge in [0.2, 0.25) is 0 Å². The Morgan fingerprint density at radius 2 is 0.852 bits per heavy atom. The third-order valence-corrected chi connectivity index (χ3v) is 10.7. The van der Waals surface area contributed by atoms with E-state index in [4.69, 9.17) is 29.9 Å². The molecule has 4 N–H and O–H groups in total. The standard InChI is InChI=1S/C44H34N10/c1-2-10-30-29(9-1)47-41(48-30)37-21-27(22-38(45-37)42-49-31-11-3-4-12-32(31)50-42)25-17-19-26(20-18-25)28-23-39(43-51-33-13-5-6-14-34(33)52-43)46-40(24-28)44-53-35-15-7-8-16-36(35)54-44/h1-6,9-14,17-24,35-36H,7-8,15-16H2,(H,47,48)(H,49,50)(H,51,52)(H,53,54). The fourth-order valence-electron chi connectivity index (χ4n) is 7.91. The van der Waals surface area contributed by atoms with E-state index in [1.165, 1.54) is 12.8 Å². The number of para-hydroxylation sites is 6. The van der Waals surface area contributed by atoms with Crippen LogP contribution in [0.5, 0.6) is 0 Å². The molecule has 1 aliphatic carbocycles. The number of rotatable bonds is 6. The minimum atomic E-state index is 0.308. The van der Waals surface area contributed by atoms with Crippen LogP contribution in [-0.2, 0) is 0 Å². The molecule has 0 saturated heterocycles. The number of imidazole rings is 3. The first-order valence-corrected chi connectivity index (χ1v) is 18.5. The van der Waals surface area contributed by atoms with Gasteiger partial charge in [0.15, 0.2) is 17.5 Å². The molecule has 10 nitrogen and oxygen atoms in total. The van der Waals surface area contributed by atoms with Crippen LogP contribution >= 0.6 is 0 Å². The molecule has 9 aromatic rings. The highest BCUT2D eigenvalue weighted by Crippen LogP contribution is 2.34. The van der Waals surface area contributed by atoms with Crippen LogP contribution in [0.4, 0.5) is 0 Å². The van der Waals surface area contributed by atoms with Crippen molar-refractivity contribution in [1.82, 2.24) is 45.2 Å². The zero-order valence-electron chi connectivity index (χ0n) is 29.2. The average molecular weight is 703 g/mol. The number of pyridine rings is 2. The van der Waals surface area contributed by atoms with Crippen molar-refractivity contribution in [3.8, 4) is 56.8 Å². The summed E-state index contributed by atoms with van der Waals surface area (Å²) in [6.07, 6.45) is 4.71. The van der Waals surface area contributed by atoms with Gasteiger partial charge in [-0.25, -0.2) is 24.9 Å². The second-order valence-electron chi connectivity index (χ2n) is 14.2. The maximum atomic E-state index is 5.13. The average Bonchev–Trinajstić information content (AvgIpc) is 4.04. The Hall–Kier alpha value is -6.94. The van der Waals surface area contributed by atoms with Crippen LogP contribution in [0.25, 0.3) is 89.9 Å². The fourth-order valence-corrected chi connectivity index (χ4v) is 7.91. The SMILES string of the molecule is c1ccc2[nH]c(-c3cc(-c4ccc(-c5cc(-c6nc7ccccc7[nH]6)nc(-c6nc7ccccc7[nH]6)c5)cc4)cc(C4=NC5CCCCC5N4)n3)nc2c1. The number of amidine groups is 1. The summed E-state index contributed by atoms with van der Waals surface area (Å²) in [4.78, 5) is 40.4. The lowest BCUT2D eigenvalue weighted by Gasteiger charge is -2.23. The number of aromatic amines is 3. The Morgan fingerprint density at radius 1 is 0.426 bits per heavy atom. The molecule has 2 unspecified atom stereocenters. The number of aliphatic imine (C=N–C) groups is 1. The summed E-state index contributed by atoms with van der Waals surface area (Å²) >= 11 is 0. The lowest BCUT2D eigenvalue weighted by molar-refractivity contribution is 0.384. The molecule has 5 aromatic heterocycles. The summed E-state index contributed by atoms with van der Waals surface area (Å²) in [6, 6.07) is 41.9. The summed E-state index contributed by atoms with van der Waals surface area (Å²) < 4.78 is 0. The molecule has 1 aliphatic heterocycles. The van der Waals surface area contributed by atoms with Gasteiger partial charge in [-0.2, -0.15) is 0 Å². The molecule has 0 bridgehead atoms. The third-order valence-electron chi connectivity index (χ3n) is 10.7. The zero-order valence-corrected chi connectivity index (χ0v) is 29.2. The quantitative estimate of drug-likeness (QED) is 0.137. The number of nitrogens with one attached hydrogen (secondary N) is 4. The highest BCUT2D eigenvalue weighted by Gasteiger charge is 2.32. The largest absolute Gasteiger partial charge is 0.364 e. The van der Waals surface area contributed by atoms with Crippen LogP contribution in [0, 0.1) is 0 Å². The molecule has 260 valence electrons. The summed E-state index contributed by atoms with van der Waals surface area (Å²) in [6.45, 7) is 0. The molecule has 2 aliphatic rings. The van der Waals surface area contributed by atoms with E-state index in [0.717, 1.165) is 103 Å². The predicted octanol–water partition coefficient (Wildman–Crippen LogP) is 9.10. The van der Waals surface area contributed by atoms with Crippen molar-refractivity contribution >= 4 is 38.9 Å². The number of hydrogen-bond donors (Lipinski definition) is 4. The minimum Gasteiger partial charge on any atom is -0.364 e. The van der Waals surface area contributed by atoms with Crippen molar-refractivity contribution in [3.63, 3.8) is 0 Å². The predicted molar refractivity (Wildman–Crippen MR) is 214 cm³/mol. The van der Waals surface area contributed by atoms with E-state index in [2.05, 4.69) is 68.8 Å². The first-order chi connectivity index (χ1) is 26.7. The zero-order chi connectivity index (χ0) is 35.6. The maximum Gasteiger partial charge on any atom is 0.157 e. The van der Waals surface area contributed by atoms with Gasteiger partial charge in [0.1, 0.15) is 28.6 Å². The van der Waals surface area contributed by atoms with Gasteiger partial charge < -0.3 is 20.3 Å². The van der Waals surface area contributed by atoms with Crippen molar-refractivity contribution in [2.45, 2.75) is 37.8 Å². The molecule has 2 atom stereocenters. The minimum absolute atomic E-state index is 0.308. The number of hydrogen-bond acceptors (Lipinski definition) is 7. The van der Waals surface area contributed by atoms with Crippen molar-refractivity contribution in [1.29, 1.82) is 0 Å². The summed E-state index contributed by atoms with van der Waals surface area (Å²) in [5.74, 6) is 3.02. The lowest BCUT2D eigenvalue weighted by Crippen LogP contribution is -2.37. The third kappa shape index (κ3) is 5.42. The van der Waals surface area contributed by atoms with E-state index >= 15 is 0 Å². The number of benzene rings is 4. The highest BCUT2D eigenvalue weighted by molar-refractivity contribution is 6.00. The van der Waals surface area contributed by atoms with Gasteiger partial charge in [-0.3, -0.25) is 4.99 Å². The van der Waals surface area contributed by atoms with Crippen LogP contribution in [0.3, 0.4) is 0 Å². The number of fused-ring (bicyclic) bond motifs is 4. The normalized spacial score (nSPS) is 16.9. The molecule has 4 aromatic carbocycles. The van der Waals surface area contributed by atoms with E-state index < -0.39 is 0 Å². The van der Waals surface area contributed by atoms with Gasteiger partial charge in [0.25, 0.3) is 0 Å². The van der Waals surface area contributed by atoms with Crippen LogP contribution in [0.2, 0.25) is 0 Å². The van der Waals surface area contributed by atoms with Crippen molar-refractivity contribution in [2.75, 3.05) is 0 Å². The molecular formula is C44H34N10. The van der Waals surface area contributed by atoms with Crippen LogP contribution in [-0.4, -0.2) is 57.8 Å². The Morgan fingerprint density at radius 3 is 1.31 bits per heavy atom. The van der Waals surface area contributed by atoms with Crippen molar-refractivity contribution < 1.29 is 0 Å². The first-order valence-electron chi connectivity index (χ1n) is 18.5. The number of nitrogens with zero attached hydrogens (tertiary/aromatic N) is 6. The maximum absolute atomic E-state index is 5.13. The number of H-pyrrole nitrogens is 3. The van der Waals surface area contributed by atoms with E-state index in [1.807, 2.05) is 72.8 Å². The summed E-state index contributed by atoms with van der Waals surface area (Å²) in [5, 5.41) is 3.71. The van der Waals surface area contributed by atoms with Gasteiger partial charge in [0.05, 0.1) is 45.2 Å². The molecule has 0 radical (unpaired) electrons. The molecule has 11 rings (SSSR count). The summed E-state index contributed by atoms with van der Waals surface area (Å²) in [5.41, 5.74) is 12.9. The van der Waals surface area contributed by atoms with E-state index in [1.54, 1.807) is 0 Å². The van der Waals surface area contributed by atoms with Gasteiger partial charge in [-0.1, -0.05) is 73.5 Å². The molecule has 10 heteroatoms. The van der Waals surface area contributed by atoms with Crippen LogP contribution in [0.1, 0.15) is 31.4 Å². The van der Waals surface area contributed by atoms with Gasteiger partial charge >= 0.3 is 0 Å². The monoisotopic (exact) mass is 702 g/mol. The Balaban J connectivity index is 1.00. The molecule has 1 fully saturated rings. The van der Waals surface area contributed by atoms with Crippen molar-refractivity contribution in [3.05, 3.63) is 127 Å². The van der Waals surface area contributed by atoms with Gasteiger partial charge in [0, 0.05) is 0 Å². The van der Waals surface area contributed by atoms with E-state index in [0.29, 0.717) is 23.7 Å². The van der Waals surface area contributed by atoms with Gasteiger partial charge in [-0.15, -0.1) is 0 Å². The Labute approximate surface area is 309 Å². The Bertz CT molecular complexity index is 2700. The second kappa shape index (κ2) is 12.3. The summed E-state index contributed by atoms with van der Waals surface area (Å²) in [7, 11) is 0. The first kappa shape index (κ1) is 30.7. The number of aromatic nitrogens is 8. The topological polar surface area (TPSA) is 136 Å². The molecule has 0 amide bonds. The van der Waals surface area contributed by atoms with Crippen LogP contribution in [0.15, 0.2) is 126 Å². The molecule has 0 spiro atoms. The molecule has 1 saturated carbocycles. The van der Waals surface area contributed by atoms with E-state index in [9.17, 15) is 0 Å². The Kier molecular flexibility index (Phi) is 7.01.